The molecule has 0 radical (unpaired) electrons. The Bertz CT molecular complexity index is 533. The van der Waals surface area contributed by atoms with E-state index in [1.54, 1.807) is 30.6 Å². The van der Waals surface area contributed by atoms with Gasteiger partial charge in [-0.3, -0.25) is 4.98 Å². The minimum Gasteiger partial charge on any atom is -0.478 e. The molecule has 0 aliphatic rings. The van der Waals surface area contributed by atoms with Crippen LogP contribution in [-0.2, 0) is 4.79 Å². The number of aliphatic carboxylic acids is 1. The van der Waals surface area contributed by atoms with Crippen molar-refractivity contribution < 1.29 is 9.90 Å². The third-order valence-electron chi connectivity index (χ3n) is 2.33. The van der Waals surface area contributed by atoms with Gasteiger partial charge in [0.25, 0.3) is 0 Å². The van der Waals surface area contributed by atoms with Crippen LogP contribution < -0.4 is 0 Å². The average molecular weight is 225 g/mol. The summed E-state index contributed by atoms with van der Waals surface area (Å²) in [7, 11) is 0. The maximum absolute atomic E-state index is 11.2. The van der Waals surface area contributed by atoms with Crippen LogP contribution in [0.25, 0.3) is 11.6 Å². The van der Waals surface area contributed by atoms with E-state index >= 15 is 0 Å². The molecule has 0 atom stereocenters. The number of aromatic nitrogens is 1. The lowest BCUT2D eigenvalue weighted by molar-refractivity contribution is -0.130. The van der Waals surface area contributed by atoms with E-state index in [0.717, 1.165) is 5.56 Å². The number of hydrogen-bond donors (Lipinski definition) is 1. The van der Waals surface area contributed by atoms with Gasteiger partial charge in [0.2, 0.25) is 0 Å². The Kier molecular flexibility index (Phi) is 3.31. The zero-order valence-corrected chi connectivity index (χ0v) is 9.08. The Balaban J connectivity index is 2.44. The lowest BCUT2D eigenvalue weighted by Gasteiger charge is -2.02. The normalized spacial score (nSPS) is 11.2. The molecule has 17 heavy (non-hydrogen) atoms. The van der Waals surface area contributed by atoms with E-state index in [4.69, 9.17) is 0 Å². The number of carbonyl (C=O) groups is 1. The van der Waals surface area contributed by atoms with E-state index in [2.05, 4.69) is 4.98 Å². The topological polar surface area (TPSA) is 50.2 Å². The molecule has 0 aliphatic heterocycles. The first-order valence-electron chi connectivity index (χ1n) is 5.18. The van der Waals surface area contributed by atoms with Crippen molar-refractivity contribution in [3.8, 4) is 0 Å². The first-order valence-corrected chi connectivity index (χ1v) is 5.18. The van der Waals surface area contributed by atoms with E-state index < -0.39 is 5.97 Å². The highest BCUT2D eigenvalue weighted by atomic mass is 16.4. The van der Waals surface area contributed by atoms with Crippen LogP contribution in [0.3, 0.4) is 0 Å². The maximum Gasteiger partial charge on any atom is 0.336 e. The van der Waals surface area contributed by atoms with Gasteiger partial charge in [-0.05, 0) is 29.3 Å². The van der Waals surface area contributed by atoms with Crippen LogP contribution in [0.4, 0.5) is 0 Å². The second-order valence-electron chi connectivity index (χ2n) is 3.51. The van der Waals surface area contributed by atoms with Crippen molar-refractivity contribution >= 4 is 17.6 Å². The molecule has 0 unspecified atom stereocenters. The minimum atomic E-state index is -0.944. The van der Waals surface area contributed by atoms with Crippen molar-refractivity contribution in [2.45, 2.75) is 0 Å². The van der Waals surface area contributed by atoms with Gasteiger partial charge in [-0.1, -0.05) is 30.3 Å². The summed E-state index contributed by atoms with van der Waals surface area (Å²) in [6.45, 7) is 0. The van der Waals surface area contributed by atoms with Gasteiger partial charge in [-0.2, -0.15) is 0 Å². The number of carboxylic acids is 1. The molecule has 2 aromatic rings. The van der Waals surface area contributed by atoms with Gasteiger partial charge in [0.1, 0.15) is 0 Å². The number of pyridine rings is 1. The Hall–Kier alpha value is -2.42. The van der Waals surface area contributed by atoms with E-state index in [0.29, 0.717) is 5.56 Å². The smallest absolute Gasteiger partial charge is 0.336 e. The van der Waals surface area contributed by atoms with E-state index in [1.807, 2.05) is 30.3 Å². The molecular weight excluding hydrogens is 214 g/mol. The fraction of sp³-hybridized carbons (Fsp3) is 0. The number of carboxylic acid groups (broad SMARTS) is 1. The molecule has 1 heterocycles. The van der Waals surface area contributed by atoms with Gasteiger partial charge in [0, 0.05) is 12.4 Å². The summed E-state index contributed by atoms with van der Waals surface area (Å²) in [5.41, 5.74) is 1.77. The Morgan fingerprint density at radius 1 is 1.06 bits per heavy atom. The molecule has 1 N–H and O–H groups in total. The van der Waals surface area contributed by atoms with Crippen LogP contribution in [0.1, 0.15) is 11.1 Å². The highest BCUT2D eigenvalue weighted by molar-refractivity contribution is 6.20. The van der Waals surface area contributed by atoms with Crippen molar-refractivity contribution in [3.63, 3.8) is 0 Å². The number of rotatable bonds is 3. The molecule has 0 saturated heterocycles. The number of benzene rings is 1. The Morgan fingerprint density at radius 2 is 1.71 bits per heavy atom. The third-order valence-corrected chi connectivity index (χ3v) is 2.33. The highest BCUT2D eigenvalue weighted by Gasteiger charge is 2.09. The molecule has 0 fully saturated rings. The maximum atomic E-state index is 11.2. The molecule has 0 bridgehead atoms. The standard InChI is InChI=1S/C14H11NO2/c16-14(17)13(12-6-8-15-9-7-12)10-11-4-2-1-3-5-11/h1-10H,(H,16,17). The predicted octanol–water partition coefficient (Wildman–Crippen LogP) is 2.71. The quantitative estimate of drug-likeness (QED) is 0.817. The van der Waals surface area contributed by atoms with Crippen LogP contribution in [0.2, 0.25) is 0 Å². The Labute approximate surface area is 99.1 Å². The molecule has 3 heteroatoms. The van der Waals surface area contributed by atoms with Gasteiger partial charge >= 0.3 is 5.97 Å². The van der Waals surface area contributed by atoms with Crippen LogP contribution in [0.15, 0.2) is 54.9 Å². The van der Waals surface area contributed by atoms with Gasteiger partial charge in [0.05, 0.1) is 5.57 Å². The lowest BCUT2D eigenvalue weighted by atomic mass is 10.0. The average Bonchev–Trinajstić information content (AvgIpc) is 2.38. The summed E-state index contributed by atoms with van der Waals surface area (Å²) >= 11 is 0. The van der Waals surface area contributed by atoms with Gasteiger partial charge in [-0.25, -0.2) is 4.79 Å². The molecule has 0 amide bonds. The third kappa shape index (κ3) is 2.78. The largest absolute Gasteiger partial charge is 0.478 e. The van der Waals surface area contributed by atoms with Crippen LogP contribution in [-0.4, -0.2) is 16.1 Å². The van der Waals surface area contributed by atoms with Crippen LogP contribution in [0.5, 0.6) is 0 Å². The molecule has 1 aromatic carbocycles. The molecule has 1 aromatic heterocycles. The molecule has 0 aliphatic carbocycles. The molecule has 0 saturated carbocycles. The second kappa shape index (κ2) is 5.07. The van der Waals surface area contributed by atoms with Gasteiger partial charge in [-0.15, -0.1) is 0 Å². The summed E-state index contributed by atoms with van der Waals surface area (Å²) in [6, 6.07) is 12.7. The van der Waals surface area contributed by atoms with E-state index in [-0.39, 0.29) is 5.57 Å². The van der Waals surface area contributed by atoms with Crippen molar-refractivity contribution in [2.75, 3.05) is 0 Å². The van der Waals surface area contributed by atoms with Crippen molar-refractivity contribution in [1.29, 1.82) is 0 Å². The van der Waals surface area contributed by atoms with Gasteiger partial charge in [0.15, 0.2) is 0 Å². The first kappa shape index (κ1) is 11.1. The molecule has 3 nitrogen and oxygen atoms in total. The Morgan fingerprint density at radius 3 is 2.29 bits per heavy atom. The zero-order chi connectivity index (χ0) is 12.1. The zero-order valence-electron chi connectivity index (χ0n) is 9.08. The van der Waals surface area contributed by atoms with Crippen molar-refractivity contribution in [2.24, 2.45) is 0 Å². The summed E-state index contributed by atoms with van der Waals surface area (Å²) in [5, 5.41) is 9.20. The molecule has 2 rings (SSSR count). The highest BCUT2D eigenvalue weighted by Crippen LogP contribution is 2.17. The summed E-state index contributed by atoms with van der Waals surface area (Å²) in [5.74, 6) is -0.944. The molecular formula is C14H11NO2. The fourth-order valence-electron chi connectivity index (χ4n) is 1.52. The lowest BCUT2D eigenvalue weighted by Crippen LogP contribution is -1.99. The second-order valence-corrected chi connectivity index (χ2v) is 3.51. The first-order chi connectivity index (χ1) is 8.27. The number of nitrogens with zero attached hydrogens (tertiary/aromatic N) is 1. The van der Waals surface area contributed by atoms with Crippen LogP contribution >= 0.6 is 0 Å². The predicted molar refractivity (Wildman–Crippen MR) is 66.2 cm³/mol. The summed E-state index contributed by atoms with van der Waals surface area (Å²) in [4.78, 5) is 15.1. The van der Waals surface area contributed by atoms with Crippen molar-refractivity contribution in [1.82, 2.24) is 4.98 Å². The fourth-order valence-corrected chi connectivity index (χ4v) is 1.52. The van der Waals surface area contributed by atoms with E-state index in [1.165, 1.54) is 0 Å². The minimum absolute atomic E-state index is 0.263. The molecule has 0 spiro atoms. The SMILES string of the molecule is O=C(O)C(=Cc1ccccc1)c1ccncc1. The summed E-state index contributed by atoms with van der Waals surface area (Å²) < 4.78 is 0. The van der Waals surface area contributed by atoms with Crippen molar-refractivity contribution in [3.05, 3.63) is 66.0 Å². The van der Waals surface area contributed by atoms with Crippen LogP contribution in [0, 0.1) is 0 Å². The monoisotopic (exact) mass is 225 g/mol. The molecule has 84 valence electrons. The van der Waals surface area contributed by atoms with E-state index in [9.17, 15) is 9.90 Å². The number of hydrogen-bond acceptors (Lipinski definition) is 2. The summed E-state index contributed by atoms with van der Waals surface area (Å²) in [6.07, 6.45) is 4.81. The van der Waals surface area contributed by atoms with Gasteiger partial charge < -0.3 is 5.11 Å².